The minimum Gasteiger partial charge on any atom is -0.493 e. The van der Waals surface area contributed by atoms with E-state index in [2.05, 4.69) is 10.2 Å². The fraction of sp³-hybridized carbons (Fsp3) is 0.750. The maximum Gasteiger partial charge on any atom is 0.251 e. The molecule has 6 heteroatoms. The van der Waals surface area contributed by atoms with Gasteiger partial charge in [0.05, 0.1) is 20.6 Å². The smallest absolute Gasteiger partial charge is 0.251 e. The van der Waals surface area contributed by atoms with Gasteiger partial charge in [-0.1, -0.05) is 6.07 Å². The maximum absolute atomic E-state index is 14.9. The predicted octanol–water partition coefficient (Wildman–Crippen LogP) is 5.19. The molecule has 1 saturated heterocycles. The number of carbonyl (C=O) groups is 2. The first kappa shape index (κ1) is 23.6. The highest BCUT2D eigenvalue weighted by atomic mass is 16.5. The molecule has 2 amide bonds. The van der Waals surface area contributed by atoms with E-state index in [0.29, 0.717) is 29.3 Å². The molecule has 6 nitrogen and oxygen atoms in total. The zero-order chi connectivity index (χ0) is 25.9. The summed E-state index contributed by atoms with van der Waals surface area (Å²) in [4.78, 5) is 30.8. The van der Waals surface area contributed by atoms with Crippen molar-refractivity contribution in [3.05, 3.63) is 23.8 Å². The van der Waals surface area contributed by atoms with Crippen LogP contribution in [-0.2, 0) is 15.1 Å². The molecule has 1 aromatic rings. The molecule has 10 rings (SSSR count). The van der Waals surface area contributed by atoms with Crippen molar-refractivity contribution in [2.75, 3.05) is 14.2 Å². The Kier molecular flexibility index (Phi) is 4.92. The first-order valence-corrected chi connectivity index (χ1v) is 15.2. The molecule has 0 radical (unpaired) electrons. The van der Waals surface area contributed by atoms with Gasteiger partial charge < -0.3 is 19.7 Å². The Labute approximate surface area is 226 Å². The Hall–Kier alpha value is -2.24. The highest BCUT2D eigenvalue weighted by Crippen LogP contribution is 2.63. The standard InChI is InChI=1S/C32H42N2O4/c1-37-26-4-3-25(11-27(26)38-2)32(29(36)33-30-12-19-5-20(13-30)7-21(6-19)14-30)18-28(35)34(32)31-15-22-8-23(16-31)10-24(9-22)17-31/h3-4,11,19-24H,5-10,12-18H2,1-2H3,(H,33,36). The van der Waals surface area contributed by atoms with E-state index in [1.807, 2.05) is 18.2 Å². The van der Waals surface area contributed by atoms with Crippen LogP contribution in [-0.4, -0.2) is 42.0 Å². The third-order valence-electron chi connectivity index (χ3n) is 12.2. The van der Waals surface area contributed by atoms with Gasteiger partial charge >= 0.3 is 0 Å². The second kappa shape index (κ2) is 7.91. The number of hydrogen-bond donors (Lipinski definition) is 1. The fourth-order valence-corrected chi connectivity index (χ4v) is 11.8. The molecule has 1 N–H and O–H groups in total. The first-order valence-electron chi connectivity index (χ1n) is 15.2. The molecule has 1 atom stereocenters. The largest absolute Gasteiger partial charge is 0.493 e. The lowest BCUT2D eigenvalue weighted by molar-refractivity contribution is -0.201. The SMILES string of the molecule is COc1ccc(C2(C(=O)NC34CC5CC(CC(C5)C3)C4)CC(=O)N2C23CC4CC(CC(C4)C2)C3)cc1OC. The topological polar surface area (TPSA) is 67.9 Å². The lowest BCUT2D eigenvalue weighted by Gasteiger charge is -2.67. The van der Waals surface area contributed by atoms with Crippen LogP contribution < -0.4 is 14.8 Å². The van der Waals surface area contributed by atoms with Crippen LogP contribution >= 0.6 is 0 Å². The number of nitrogens with zero attached hydrogens (tertiary/aromatic N) is 1. The molecular formula is C32H42N2O4. The van der Waals surface area contributed by atoms with Gasteiger partial charge in [-0.05, 0) is 130 Å². The van der Waals surface area contributed by atoms with Crippen molar-refractivity contribution in [3.8, 4) is 11.5 Å². The van der Waals surface area contributed by atoms with Crippen LogP contribution in [0.15, 0.2) is 18.2 Å². The van der Waals surface area contributed by atoms with Crippen molar-refractivity contribution in [2.24, 2.45) is 35.5 Å². The van der Waals surface area contributed by atoms with Crippen LogP contribution in [0.5, 0.6) is 11.5 Å². The monoisotopic (exact) mass is 518 g/mol. The van der Waals surface area contributed by atoms with Crippen molar-refractivity contribution in [3.63, 3.8) is 0 Å². The van der Waals surface area contributed by atoms with Crippen LogP contribution in [0.4, 0.5) is 0 Å². The molecule has 204 valence electrons. The summed E-state index contributed by atoms with van der Waals surface area (Å²) in [5.74, 6) is 5.83. The van der Waals surface area contributed by atoms with Gasteiger partial charge in [-0.25, -0.2) is 0 Å². The average Bonchev–Trinajstić information content (AvgIpc) is 2.84. The van der Waals surface area contributed by atoms with E-state index in [9.17, 15) is 9.59 Å². The fourth-order valence-electron chi connectivity index (χ4n) is 11.8. The number of benzene rings is 1. The number of likely N-dealkylation sites (tertiary alicyclic amines) is 1. The highest BCUT2D eigenvalue weighted by Gasteiger charge is 2.68. The molecule has 8 saturated carbocycles. The van der Waals surface area contributed by atoms with Gasteiger partial charge in [0.15, 0.2) is 17.0 Å². The van der Waals surface area contributed by atoms with Gasteiger partial charge in [-0.3, -0.25) is 9.59 Å². The van der Waals surface area contributed by atoms with Crippen molar-refractivity contribution in [2.45, 2.75) is 100 Å². The Morgan fingerprint density at radius 1 is 0.789 bits per heavy atom. The van der Waals surface area contributed by atoms with Crippen LogP contribution in [0.1, 0.15) is 89.0 Å². The van der Waals surface area contributed by atoms with Gasteiger partial charge in [-0.2, -0.15) is 0 Å². The molecular weight excluding hydrogens is 476 g/mol. The summed E-state index contributed by atoms with van der Waals surface area (Å²) in [6.07, 6.45) is 14.7. The van der Waals surface area contributed by atoms with Gasteiger partial charge in [0.25, 0.3) is 5.91 Å². The van der Waals surface area contributed by atoms with Crippen molar-refractivity contribution in [1.29, 1.82) is 0 Å². The molecule has 8 bridgehead atoms. The van der Waals surface area contributed by atoms with Crippen LogP contribution in [0, 0.1) is 35.5 Å². The first-order chi connectivity index (χ1) is 18.3. The number of ether oxygens (including phenoxy) is 2. The second-order valence-electron chi connectivity index (χ2n) is 14.6. The maximum atomic E-state index is 14.9. The van der Waals surface area contributed by atoms with Gasteiger partial charge in [0.2, 0.25) is 5.91 Å². The summed E-state index contributed by atoms with van der Waals surface area (Å²) in [6, 6.07) is 5.90. The normalized spacial score (nSPS) is 45.7. The Morgan fingerprint density at radius 2 is 1.29 bits per heavy atom. The zero-order valence-corrected chi connectivity index (χ0v) is 23.0. The number of amides is 2. The number of carbonyl (C=O) groups excluding carboxylic acids is 2. The quantitative estimate of drug-likeness (QED) is 0.527. The van der Waals surface area contributed by atoms with E-state index < -0.39 is 5.54 Å². The Balaban J connectivity index is 1.22. The van der Waals surface area contributed by atoms with Gasteiger partial charge in [0, 0.05) is 11.1 Å². The minimum atomic E-state index is -0.967. The number of rotatable bonds is 6. The molecule has 1 heterocycles. The molecule has 1 aliphatic heterocycles. The van der Waals surface area contributed by atoms with Gasteiger partial charge in [-0.15, -0.1) is 0 Å². The highest BCUT2D eigenvalue weighted by molar-refractivity contribution is 6.03. The molecule has 1 aromatic carbocycles. The molecule has 0 spiro atoms. The summed E-state index contributed by atoms with van der Waals surface area (Å²) in [6.45, 7) is 0. The molecule has 38 heavy (non-hydrogen) atoms. The Bertz CT molecular complexity index is 1120. The van der Waals surface area contributed by atoms with E-state index in [4.69, 9.17) is 9.47 Å². The number of hydrogen-bond acceptors (Lipinski definition) is 4. The minimum absolute atomic E-state index is 0.0574. The molecule has 9 fully saturated rings. The summed E-state index contributed by atoms with van der Waals surface area (Å²) in [5.41, 5.74) is -0.365. The van der Waals surface area contributed by atoms with E-state index in [1.54, 1.807) is 14.2 Å². The number of β-lactam (4-membered cyclic amide) rings is 1. The molecule has 0 aromatic heterocycles. The summed E-state index contributed by atoms with van der Waals surface area (Å²) >= 11 is 0. The van der Waals surface area contributed by atoms with Crippen molar-refractivity contribution >= 4 is 11.8 Å². The van der Waals surface area contributed by atoms with Crippen molar-refractivity contribution in [1.82, 2.24) is 10.2 Å². The van der Waals surface area contributed by atoms with E-state index in [-0.39, 0.29) is 29.3 Å². The molecule has 1 unspecified atom stereocenters. The zero-order valence-electron chi connectivity index (χ0n) is 23.0. The molecule has 9 aliphatic rings. The summed E-state index contributed by atoms with van der Waals surface area (Å²) in [5, 5.41) is 3.71. The lowest BCUT2D eigenvalue weighted by atomic mass is 9.50. The third-order valence-corrected chi connectivity index (χ3v) is 12.2. The van der Waals surface area contributed by atoms with Crippen LogP contribution in [0.2, 0.25) is 0 Å². The number of methoxy groups -OCH3 is 2. The molecule has 8 aliphatic carbocycles. The predicted molar refractivity (Wildman–Crippen MR) is 143 cm³/mol. The summed E-state index contributed by atoms with van der Waals surface area (Å²) < 4.78 is 11.3. The average molecular weight is 519 g/mol. The van der Waals surface area contributed by atoms with E-state index >= 15 is 0 Å². The summed E-state index contributed by atoms with van der Waals surface area (Å²) in [7, 11) is 3.29. The second-order valence-corrected chi connectivity index (χ2v) is 14.6. The van der Waals surface area contributed by atoms with Crippen molar-refractivity contribution < 1.29 is 19.1 Å². The Morgan fingerprint density at radius 3 is 1.76 bits per heavy atom. The van der Waals surface area contributed by atoms with E-state index in [0.717, 1.165) is 61.8 Å². The van der Waals surface area contributed by atoms with Gasteiger partial charge in [0.1, 0.15) is 0 Å². The van der Waals surface area contributed by atoms with Crippen LogP contribution in [0.25, 0.3) is 0 Å². The third kappa shape index (κ3) is 3.18. The van der Waals surface area contributed by atoms with Crippen LogP contribution in [0.3, 0.4) is 0 Å². The number of nitrogens with one attached hydrogen (secondary N) is 1. The lowest BCUT2D eigenvalue weighted by Crippen LogP contribution is -2.78. The van der Waals surface area contributed by atoms with E-state index in [1.165, 1.54) is 38.5 Å².